The molecule has 0 saturated carbocycles. The van der Waals surface area contributed by atoms with Crippen molar-refractivity contribution >= 4 is 5.97 Å². The molecule has 1 aromatic rings. The predicted octanol–water partition coefficient (Wildman–Crippen LogP) is 2.52. The number of hydrogen-bond acceptors (Lipinski definition) is 4. The predicted molar refractivity (Wildman–Crippen MR) is 81.8 cm³/mol. The molecular weight excluding hydrogens is 285 g/mol. The number of benzene rings is 1. The molecule has 1 aliphatic heterocycles. The van der Waals surface area contributed by atoms with E-state index in [0.717, 1.165) is 38.0 Å². The molecule has 1 fully saturated rings. The van der Waals surface area contributed by atoms with E-state index in [1.54, 1.807) is 12.1 Å². The van der Waals surface area contributed by atoms with Crippen LogP contribution in [0.25, 0.3) is 0 Å². The van der Waals surface area contributed by atoms with Crippen LogP contribution in [0.3, 0.4) is 0 Å². The maximum atomic E-state index is 12.9. The zero-order valence-corrected chi connectivity index (χ0v) is 13.0. The van der Waals surface area contributed by atoms with Gasteiger partial charge in [0.05, 0.1) is 18.6 Å². The van der Waals surface area contributed by atoms with Crippen LogP contribution in [0.5, 0.6) is 0 Å². The minimum atomic E-state index is -0.580. The third-order valence-corrected chi connectivity index (χ3v) is 4.18. The van der Waals surface area contributed by atoms with Gasteiger partial charge in [-0.1, -0.05) is 12.1 Å². The van der Waals surface area contributed by atoms with Gasteiger partial charge in [-0.15, -0.1) is 0 Å². The summed E-state index contributed by atoms with van der Waals surface area (Å²) >= 11 is 0. The molecule has 22 heavy (non-hydrogen) atoms. The van der Waals surface area contributed by atoms with Crippen LogP contribution in [-0.4, -0.2) is 42.2 Å². The van der Waals surface area contributed by atoms with Gasteiger partial charge in [-0.2, -0.15) is 0 Å². The van der Waals surface area contributed by atoms with Crippen LogP contribution in [0, 0.1) is 11.7 Å². The van der Waals surface area contributed by atoms with Crippen molar-refractivity contribution in [1.29, 1.82) is 0 Å². The molecule has 5 heteroatoms. The summed E-state index contributed by atoms with van der Waals surface area (Å²) in [5.41, 5.74) is 0.739. The van der Waals surface area contributed by atoms with E-state index in [-0.39, 0.29) is 17.7 Å². The third-order valence-electron chi connectivity index (χ3n) is 4.18. The quantitative estimate of drug-likeness (QED) is 0.820. The molecule has 0 amide bonds. The van der Waals surface area contributed by atoms with Crippen LogP contribution < -0.4 is 0 Å². The molecule has 0 aliphatic carbocycles. The number of likely N-dealkylation sites (tertiary alicyclic amines) is 1. The van der Waals surface area contributed by atoms with E-state index in [9.17, 15) is 14.3 Å². The van der Waals surface area contributed by atoms with E-state index < -0.39 is 6.10 Å². The summed E-state index contributed by atoms with van der Waals surface area (Å²) in [4.78, 5) is 13.9. The standard InChI is InChI=1S/C17H24FNO3/c1-2-22-17(21)14-7-10-19(11-8-14)12-9-16(20)13-3-5-15(18)6-4-13/h3-6,14,16,20H,2,7-12H2,1H3. The van der Waals surface area contributed by atoms with E-state index in [2.05, 4.69) is 4.90 Å². The first kappa shape index (κ1) is 16.9. The molecule has 1 aromatic carbocycles. The first-order chi connectivity index (χ1) is 10.6. The van der Waals surface area contributed by atoms with E-state index in [1.807, 2.05) is 6.92 Å². The van der Waals surface area contributed by atoms with Crippen molar-refractivity contribution in [1.82, 2.24) is 4.90 Å². The number of rotatable bonds is 6. The Hall–Kier alpha value is -1.46. The minimum Gasteiger partial charge on any atom is -0.466 e. The Bertz CT molecular complexity index is 469. The first-order valence-corrected chi connectivity index (χ1v) is 7.92. The first-order valence-electron chi connectivity index (χ1n) is 7.92. The molecule has 2 rings (SSSR count). The number of esters is 1. The third kappa shape index (κ3) is 4.78. The van der Waals surface area contributed by atoms with Crippen molar-refractivity contribution in [3.63, 3.8) is 0 Å². The van der Waals surface area contributed by atoms with Gasteiger partial charge in [-0.25, -0.2) is 4.39 Å². The molecule has 122 valence electrons. The molecule has 1 aliphatic rings. The van der Waals surface area contributed by atoms with Crippen molar-refractivity contribution < 1.29 is 19.0 Å². The fourth-order valence-electron chi connectivity index (χ4n) is 2.81. The SMILES string of the molecule is CCOC(=O)C1CCN(CCC(O)c2ccc(F)cc2)CC1. The largest absolute Gasteiger partial charge is 0.466 e. The number of ether oxygens (including phenoxy) is 1. The number of halogens is 1. The molecule has 0 bridgehead atoms. The molecule has 1 saturated heterocycles. The fraction of sp³-hybridized carbons (Fsp3) is 0.588. The smallest absolute Gasteiger partial charge is 0.309 e. The highest BCUT2D eigenvalue weighted by molar-refractivity contribution is 5.72. The Morgan fingerprint density at radius 2 is 2.00 bits per heavy atom. The van der Waals surface area contributed by atoms with Crippen LogP contribution in [0.2, 0.25) is 0 Å². The van der Waals surface area contributed by atoms with E-state index >= 15 is 0 Å². The number of nitrogens with zero attached hydrogens (tertiary/aromatic N) is 1. The lowest BCUT2D eigenvalue weighted by Crippen LogP contribution is -2.37. The van der Waals surface area contributed by atoms with Gasteiger partial charge >= 0.3 is 5.97 Å². The second-order valence-electron chi connectivity index (χ2n) is 5.72. The van der Waals surface area contributed by atoms with Crippen molar-refractivity contribution in [3.05, 3.63) is 35.6 Å². The Balaban J connectivity index is 1.72. The maximum Gasteiger partial charge on any atom is 0.309 e. The second-order valence-corrected chi connectivity index (χ2v) is 5.72. The van der Waals surface area contributed by atoms with E-state index in [4.69, 9.17) is 4.74 Å². The zero-order valence-electron chi connectivity index (χ0n) is 13.0. The van der Waals surface area contributed by atoms with Crippen LogP contribution in [-0.2, 0) is 9.53 Å². The summed E-state index contributed by atoms with van der Waals surface area (Å²) in [5.74, 6) is -0.372. The van der Waals surface area contributed by atoms with Gasteiger partial charge in [0, 0.05) is 6.54 Å². The number of carbonyl (C=O) groups excluding carboxylic acids is 1. The van der Waals surface area contributed by atoms with Gasteiger partial charge in [0.1, 0.15) is 5.82 Å². The molecule has 0 aromatic heterocycles. The average molecular weight is 309 g/mol. The van der Waals surface area contributed by atoms with Crippen LogP contribution in [0.4, 0.5) is 4.39 Å². The Morgan fingerprint density at radius 1 is 1.36 bits per heavy atom. The fourth-order valence-corrected chi connectivity index (χ4v) is 2.81. The van der Waals surface area contributed by atoms with Crippen LogP contribution >= 0.6 is 0 Å². The molecule has 1 heterocycles. The van der Waals surface area contributed by atoms with Crippen molar-refractivity contribution in [2.24, 2.45) is 5.92 Å². The van der Waals surface area contributed by atoms with Crippen molar-refractivity contribution in [2.75, 3.05) is 26.2 Å². The highest BCUT2D eigenvalue weighted by Crippen LogP contribution is 2.21. The molecular formula is C17H24FNO3. The summed E-state index contributed by atoms with van der Waals surface area (Å²) in [7, 11) is 0. The minimum absolute atomic E-state index is 0.0122. The number of aliphatic hydroxyl groups is 1. The monoisotopic (exact) mass is 309 g/mol. The lowest BCUT2D eigenvalue weighted by atomic mass is 9.96. The summed E-state index contributed by atoms with van der Waals surface area (Å²) in [5, 5.41) is 10.1. The van der Waals surface area contributed by atoms with Gasteiger partial charge in [0.25, 0.3) is 0 Å². The number of aliphatic hydroxyl groups excluding tert-OH is 1. The zero-order chi connectivity index (χ0) is 15.9. The van der Waals surface area contributed by atoms with E-state index in [0.29, 0.717) is 13.0 Å². The highest BCUT2D eigenvalue weighted by Gasteiger charge is 2.26. The van der Waals surface area contributed by atoms with Gasteiger partial charge in [-0.3, -0.25) is 4.79 Å². The maximum absolute atomic E-state index is 12.9. The Labute approximate surface area is 130 Å². The number of carbonyl (C=O) groups is 1. The number of piperidine rings is 1. The highest BCUT2D eigenvalue weighted by atomic mass is 19.1. The summed E-state index contributed by atoms with van der Waals surface area (Å²) in [6.07, 6.45) is 1.65. The molecule has 1 N–H and O–H groups in total. The second kappa shape index (κ2) is 8.25. The van der Waals surface area contributed by atoms with Gasteiger partial charge < -0.3 is 14.7 Å². The molecule has 0 spiro atoms. The van der Waals surface area contributed by atoms with Crippen molar-refractivity contribution in [3.8, 4) is 0 Å². The lowest BCUT2D eigenvalue weighted by molar-refractivity contribution is -0.149. The summed E-state index contributed by atoms with van der Waals surface area (Å²) < 4.78 is 17.9. The number of hydrogen-bond donors (Lipinski definition) is 1. The Kier molecular flexibility index (Phi) is 6.34. The van der Waals surface area contributed by atoms with Gasteiger partial charge in [0.2, 0.25) is 0 Å². The topological polar surface area (TPSA) is 49.8 Å². The lowest BCUT2D eigenvalue weighted by Gasteiger charge is -2.31. The van der Waals surface area contributed by atoms with Crippen LogP contribution in [0.1, 0.15) is 37.9 Å². The molecule has 0 radical (unpaired) electrons. The van der Waals surface area contributed by atoms with Gasteiger partial charge in [-0.05, 0) is 57.0 Å². The van der Waals surface area contributed by atoms with E-state index in [1.165, 1.54) is 12.1 Å². The molecule has 4 nitrogen and oxygen atoms in total. The Morgan fingerprint density at radius 3 is 2.59 bits per heavy atom. The molecule has 1 unspecified atom stereocenters. The van der Waals surface area contributed by atoms with Gasteiger partial charge in [0.15, 0.2) is 0 Å². The normalized spacial score (nSPS) is 18.1. The van der Waals surface area contributed by atoms with Crippen LogP contribution in [0.15, 0.2) is 24.3 Å². The summed E-state index contributed by atoms with van der Waals surface area (Å²) in [6, 6.07) is 5.97. The average Bonchev–Trinajstić information content (AvgIpc) is 2.54. The molecule has 1 atom stereocenters. The summed E-state index contributed by atoms with van der Waals surface area (Å²) in [6.45, 7) is 4.72. The van der Waals surface area contributed by atoms with Crippen molar-refractivity contribution in [2.45, 2.75) is 32.3 Å².